The number of nitrogens with one attached hydrogen (secondary N) is 2. The predicted molar refractivity (Wildman–Crippen MR) is 151 cm³/mol. The molecule has 2 unspecified atom stereocenters. The summed E-state index contributed by atoms with van der Waals surface area (Å²) in [6.45, 7) is 8.96. The van der Waals surface area contributed by atoms with Gasteiger partial charge in [-0.05, 0) is 70.7 Å². The smallest absolute Gasteiger partial charge is 0.408 e. The van der Waals surface area contributed by atoms with Gasteiger partial charge in [0, 0.05) is 18.5 Å². The summed E-state index contributed by atoms with van der Waals surface area (Å²) in [5.41, 5.74) is 0.615. The summed E-state index contributed by atoms with van der Waals surface area (Å²) >= 11 is 0. The maximum Gasteiger partial charge on any atom is 0.408 e. The van der Waals surface area contributed by atoms with Crippen molar-refractivity contribution in [1.82, 2.24) is 15.5 Å². The van der Waals surface area contributed by atoms with Gasteiger partial charge < -0.3 is 25.4 Å². The van der Waals surface area contributed by atoms with Crippen molar-refractivity contribution in [2.75, 3.05) is 0 Å². The third-order valence-electron chi connectivity index (χ3n) is 6.75. The zero-order chi connectivity index (χ0) is 28.6. The molecule has 0 heterocycles. The highest BCUT2D eigenvalue weighted by Gasteiger charge is 2.38. The number of carbonyl (C=O) groups excluding carboxylic acids is 3. The van der Waals surface area contributed by atoms with Crippen molar-refractivity contribution < 1.29 is 24.2 Å². The first-order chi connectivity index (χ1) is 18.4. The monoisotopic (exact) mass is 537 g/mol. The van der Waals surface area contributed by atoms with E-state index in [0.29, 0.717) is 5.56 Å². The van der Waals surface area contributed by atoms with E-state index < -0.39 is 29.7 Å². The van der Waals surface area contributed by atoms with Crippen LogP contribution in [-0.4, -0.2) is 51.6 Å². The van der Waals surface area contributed by atoms with E-state index in [2.05, 4.69) is 10.6 Å². The number of benzene rings is 2. The zero-order valence-corrected chi connectivity index (χ0v) is 23.8. The summed E-state index contributed by atoms with van der Waals surface area (Å²) in [6.07, 6.45) is 4.55. The summed E-state index contributed by atoms with van der Waals surface area (Å²) < 4.78 is 5.47. The van der Waals surface area contributed by atoms with Crippen LogP contribution in [0, 0.1) is 0 Å². The number of hydrogen-bond donors (Lipinski definition) is 3. The Morgan fingerprint density at radius 3 is 2.26 bits per heavy atom. The number of alkyl carbamates (subject to hydrolysis) is 1. The Labute approximate surface area is 232 Å². The lowest BCUT2D eigenvalue weighted by molar-refractivity contribution is -0.145. The van der Waals surface area contributed by atoms with Gasteiger partial charge in [-0.25, -0.2) is 4.79 Å². The minimum atomic E-state index is -0.995. The number of hydrogen-bond acceptors (Lipinski definition) is 5. The third-order valence-corrected chi connectivity index (χ3v) is 6.75. The molecule has 0 radical (unpaired) electrons. The highest BCUT2D eigenvalue weighted by molar-refractivity contribution is 5.92. The van der Waals surface area contributed by atoms with Gasteiger partial charge in [0.25, 0.3) is 0 Å². The Balaban J connectivity index is 1.99. The molecule has 3 amide bonds. The second-order valence-electron chi connectivity index (χ2n) is 11.6. The fourth-order valence-electron chi connectivity index (χ4n) is 5.02. The fourth-order valence-corrected chi connectivity index (χ4v) is 5.02. The molecule has 2 aromatic rings. The minimum Gasteiger partial charge on any atom is -0.508 e. The van der Waals surface area contributed by atoms with Crippen molar-refractivity contribution in [3.05, 3.63) is 65.7 Å². The fraction of sp³-hybridized carbons (Fsp3) is 0.516. The molecular formula is C31H43N3O5. The topological polar surface area (TPSA) is 108 Å². The summed E-state index contributed by atoms with van der Waals surface area (Å²) in [5.74, 6) is -0.705. The van der Waals surface area contributed by atoms with Gasteiger partial charge >= 0.3 is 6.09 Å². The molecule has 0 bridgehead atoms. The van der Waals surface area contributed by atoms with E-state index in [0.717, 1.165) is 37.7 Å². The van der Waals surface area contributed by atoms with E-state index in [1.807, 2.05) is 44.2 Å². The number of nitrogens with zero attached hydrogens (tertiary/aromatic N) is 1. The normalized spacial score (nSPS) is 15.7. The van der Waals surface area contributed by atoms with Crippen molar-refractivity contribution in [2.24, 2.45) is 0 Å². The molecule has 1 fully saturated rings. The summed E-state index contributed by atoms with van der Waals surface area (Å²) in [6, 6.07) is 13.5. The zero-order valence-electron chi connectivity index (χ0n) is 23.8. The van der Waals surface area contributed by atoms with E-state index in [-0.39, 0.29) is 30.2 Å². The molecule has 3 rings (SSSR count). The molecule has 8 heteroatoms. The molecule has 0 spiro atoms. The van der Waals surface area contributed by atoms with Crippen LogP contribution in [0.2, 0.25) is 0 Å². The Hall–Kier alpha value is -3.55. The lowest BCUT2D eigenvalue weighted by Gasteiger charge is -2.38. The molecule has 1 aliphatic carbocycles. The molecule has 0 aromatic heterocycles. The quantitative estimate of drug-likeness (QED) is 0.405. The number of phenolic OH excluding ortho intramolecular Hbond substituents is 1. The molecule has 3 N–H and O–H groups in total. The van der Waals surface area contributed by atoms with Crippen LogP contribution in [0.3, 0.4) is 0 Å². The molecule has 0 aliphatic heterocycles. The SMILES string of the molecule is CC(C)N(C(=O)C(Cc1ccccc1)NC(=O)OC(C)(C)C)C(C(=O)NC1CCCCC1)c1cccc(O)c1. The first kappa shape index (κ1) is 30.0. The van der Waals surface area contributed by atoms with Crippen LogP contribution in [0.25, 0.3) is 0 Å². The van der Waals surface area contributed by atoms with Gasteiger partial charge in [-0.1, -0.05) is 61.7 Å². The standard InChI is InChI=1S/C31H43N3O5/c1-21(2)34(27(23-15-12-18-25(35)20-23)28(36)32-24-16-10-7-11-17-24)29(37)26(19-22-13-8-6-9-14-22)33-30(38)39-31(3,4)5/h6,8-9,12-15,18,20-21,24,26-27,35H,7,10-11,16-17,19H2,1-5H3,(H,32,36)(H,33,38). The van der Waals surface area contributed by atoms with Crippen molar-refractivity contribution >= 4 is 17.9 Å². The predicted octanol–water partition coefficient (Wildman–Crippen LogP) is 5.26. The van der Waals surface area contributed by atoms with Gasteiger partial charge in [-0.2, -0.15) is 0 Å². The van der Waals surface area contributed by atoms with Gasteiger partial charge in [0.05, 0.1) is 0 Å². The van der Waals surface area contributed by atoms with E-state index in [1.54, 1.807) is 32.9 Å². The van der Waals surface area contributed by atoms with E-state index in [1.165, 1.54) is 17.0 Å². The Morgan fingerprint density at radius 1 is 1.00 bits per heavy atom. The molecule has 212 valence electrons. The lowest BCUT2D eigenvalue weighted by Crippen LogP contribution is -2.56. The molecule has 8 nitrogen and oxygen atoms in total. The van der Waals surface area contributed by atoms with Gasteiger partial charge in [0.15, 0.2) is 0 Å². The maximum atomic E-state index is 14.3. The number of amides is 3. The van der Waals surface area contributed by atoms with Crippen molar-refractivity contribution in [2.45, 2.75) is 103 Å². The van der Waals surface area contributed by atoms with Crippen LogP contribution in [0.5, 0.6) is 5.75 Å². The average Bonchev–Trinajstić information content (AvgIpc) is 2.86. The van der Waals surface area contributed by atoms with Gasteiger partial charge in [0.1, 0.15) is 23.4 Å². The number of carbonyl (C=O) groups is 3. The van der Waals surface area contributed by atoms with Crippen LogP contribution < -0.4 is 10.6 Å². The van der Waals surface area contributed by atoms with Gasteiger partial charge in [-0.15, -0.1) is 0 Å². The van der Waals surface area contributed by atoms with Crippen LogP contribution in [0.4, 0.5) is 4.79 Å². The second-order valence-corrected chi connectivity index (χ2v) is 11.6. The number of ether oxygens (including phenoxy) is 1. The van der Waals surface area contributed by atoms with Crippen LogP contribution in [0.1, 0.15) is 83.9 Å². The third kappa shape index (κ3) is 9.01. The lowest BCUT2D eigenvalue weighted by atomic mass is 9.94. The number of rotatable bonds is 9. The molecular weight excluding hydrogens is 494 g/mol. The molecule has 39 heavy (non-hydrogen) atoms. The highest BCUT2D eigenvalue weighted by atomic mass is 16.6. The maximum absolute atomic E-state index is 14.3. The average molecular weight is 538 g/mol. The van der Waals surface area contributed by atoms with E-state index >= 15 is 0 Å². The van der Waals surface area contributed by atoms with Crippen molar-refractivity contribution in [1.29, 1.82) is 0 Å². The first-order valence-corrected chi connectivity index (χ1v) is 13.9. The Bertz CT molecular complexity index is 1110. The first-order valence-electron chi connectivity index (χ1n) is 13.9. The van der Waals surface area contributed by atoms with Crippen molar-refractivity contribution in [3.63, 3.8) is 0 Å². The molecule has 2 aromatic carbocycles. The van der Waals surface area contributed by atoms with E-state index in [4.69, 9.17) is 4.74 Å². The molecule has 2 atom stereocenters. The molecule has 1 aliphatic rings. The Morgan fingerprint density at radius 2 is 1.67 bits per heavy atom. The number of aromatic hydroxyl groups is 1. The highest BCUT2D eigenvalue weighted by Crippen LogP contribution is 2.29. The van der Waals surface area contributed by atoms with E-state index in [9.17, 15) is 19.5 Å². The largest absolute Gasteiger partial charge is 0.508 e. The van der Waals surface area contributed by atoms with Crippen LogP contribution >= 0.6 is 0 Å². The van der Waals surface area contributed by atoms with Crippen LogP contribution in [0.15, 0.2) is 54.6 Å². The second kappa shape index (κ2) is 13.5. The van der Waals surface area contributed by atoms with Gasteiger partial charge in [-0.3, -0.25) is 9.59 Å². The van der Waals surface area contributed by atoms with Crippen molar-refractivity contribution in [3.8, 4) is 5.75 Å². The number of phenols is 1. The molecule has 0 saturated heterocycles. The summed E-state index contributed by atoms with van der Waals surface area (Å²) in [5, 5.41) is 16.2. The van der Waals surface area contributed by atoms with Gasteiger partial charge in [0.2, 0.25) is 11.8 Å². The summed E-state index contributed by atoms with van der Waals surface area (Å²) in [4.78, 5) is 42.5. The molecule has 1 saturated carbocycles. The minimum absolute atomic E-state index is 0.00633. The van der Waals surface area contributed by atoms with Crippen LogP contribution in [-0.2, 0) is 20.7 Å². The Kier molecular flexibility index (Phi) is 10.4. The summed E-state index contributed by atoms with van der Waals surface area (Å²) in [7, 11) is 0.